The highest BCUT2D eigenvalue weighted by atomic mass is 32.2. The molecule has 2 aromatic rings. The summed E-state index contributed by atoms with van der Waals surface area (Å²) in [5.41, 5.74) is 5.51. The van der Waals surface area contributed by atoms with Gasteiger partial charge in [0.25, 0.3) is 5.91 Å². The number of hydrogen-bond acceptors (Lipinski definition) is 6. The van der Waals surface area contributed by atoms with Crippen molar-refractivity contribution in [3.8, 4) is 0 Å². The van der Waals surface area contributed by atoms with Crippen LogP contribution in [0.3, 0.4) is 0 Å². The van der Waals surface area contributed by atoms with E-state index < -0.39 is 31.9 Å². The van der Waals surface area contributed by atoms with E-state index in [0.29, 0.717) is 19.5 Å². The van der Waals surface area contributed by atoms with Gasteiger partial charge in [0, 0.05) is 25.1 Å². The molecule has 1 fully saturated rings. The molecule has 0 atom stereocenters. The minimum atomic E-state index is -3.77. The number of hydrogen-bond donors (Lipinski definition) is 3. The fraction of sp³-hybridized carbons (Fsp3) is 0.300. The third-order valence-corrected chi connectivity index (χ3v) is 7.87. The molecule has 1 heterocycles. The Bertz CT molecular complexity index is 1190. The van der Waals surface area contributed by atoms with Crippen LogP contribution in [0.15, 0.2) is 58.3 Å². The first-order valence-electron chi connectivity index (χ1n) is 9.88. The number of primary sulfonamides is 1. The van der Waals surface area contributed by atoms with Crippen LogP contribution in [0.5, 0.6) is 0 Å². The zero-order chi connectivity index (χ0) is 23.4. The Kier molecular flexibility index (Phi) is 7.29. The Hall–Kier alpha value is -2.80. The zero-order valence-electron chi connectivity index (χ0n) is 17.2. The van der Waals surface area contributed by atoms with Crippen molar-refractivity contribution in [3.63, 3.8) is 0 Å². The van der Waals surface area contributed by atoms with Crippen LogP contribution in [0.1, 0.15) is 35.2 Å². The molecule has 0 bridgehead atoms. The lowest BCUT2D eigenvalue weighted by Gasteiger charge is -2.15. The van der Waals surface area contributed by atoms with Crippen LogP contribution in [0.2, 0.25) is 0 Å². The SMILES string of the molecule is NS(=O)(=O)c1ccc(CCC(=O)NNC(=O)c2ccc(S(=O)(=O)N3CCCC3)cc2)cc1. The van der Waals surface area contributed by atoms with E-state index in [1.54, 1.807) is 12.1 Å². The molecule has 32 heavy (non-hydrogen) atoms. The highest BCUT2D eigenvalue weighted by Gasteiger charge is 2.27. The Balaban J connectivity index is 1.49. The third-order valence-electron chi connectivity index (χ3n) is 5.03. The maximum atomic E-state index is 12.5. The first-order chi connectivity index (χ1) is 15.1. The molecule has 4 N–H and O–H groups in total. The molecule has 3 rings (SSSR count). The van der Waals surface area contributed by atoms with Crippen molar-refractivity contribution in [1.29, 1.82) is 0 Å². The monoisotopic (exact) mass is 480 g/mol. The minimum absolute atomic E-state index is 0.0165. The highest BCUT2D eigenvalue weighted by Crippen LogP contribution is 2.21. The Morgan fingerprint density at radius 3 is 1.97 bits per heavy atom. The number of nitrogens with zero attached hydrogens (tertiary/aromatic N) is 1. The van der Waals surface area contributed by atoms with Crippen LogP contribution >= 0.6 is 0 Å². The van der Waals surface area contributed by atoms with Crippen molar-refractivity contribution in [2.24, 2.45) is 5.14 Å². The van der Waals surface area contributed by atoms with E-state index in [0.717, 1.165) is 18.4 Å². The summed E-state index contributed by atoms with van der Waals surface area (Å²) in [4.78, 5) is 24.3. The maximum Gasteiger partial charge on any atom is 0.269 e. The van der Waals surface area contributed by atoms with Gasteiger partial charge in [-0.15, -0.1) is 0 Å². The molecule has 0 aromatic heterocycles. The lowest BCUT2D eigenvalue weighted by Crippen LogP contribution is -2.41. The predicted octanol–water partition coefficient (Wildman–Crippen LogP) is 0.512. The number of sulfonamides is 2. The third kappa shape index (κ3) is 5.91. The van der Waals surface area contributed by atoms with Crippen LogP contribution in [0.25, 0.3) is 0 Å². The van der Waals surface area contributed by atoms with Crippen LogP contribution in [0.4, 0.5) is 0 Å². The summed E-state index contributed by atoms with van der Waals surface area (Å²) < 4.78 is 49.0. The number of benzene rings is 2. The second kappa shape index (κ2) is 9.77. The summed E-state index contributed by atoms with van der Waals surface area (Å²) in [5, 5.41) is 5.04. The molecule has 12 heteroatoms. The van der Waals surface area contributed by atoms with Gasteiger partial charge in [-0.1, -0.05) is 12.1 Å². The standard InChI is InChI=1S/C20H24N4O6S2/c21-31(27,28)17-8-3-15(4-9-17)5-12-19(25)22-23-20(26)16-6-10-18(11-7-16)32(29,30)24-13-1-2-14-24/h3-4,6-11H,1-2,5,12-14H2,(H,22,25)(H,23,26)(H2,21,27,28). The second-order valence-corrected chi connectivity index (χ2v) is 10.8. The lowest BCUT2D eigenvalue weighted by atomic mass is 10.1. The average Bonchev–Trinajstić information content (AvgIpc) is 3.32. The van der Waals surface area contributed by atoms with Gasteiger partial charge in [0.2, 0.25) is 26.0 Å². The number of amides is 2. The highest BCUT2D eigenvalue weighted by molar-refractivity contribution is 7.89. The predicted molar refractivity (Wildman–Crippen MR) is 116 cm³/mol. The summed E-state index contributed by atoms with van der Waals surface area (Å²) in [5.74, 6) is -1.02. The first kappa shape index (κ1) is 23.9. The van der Waals surface area contributed by atoms with Gasteiger partial charge >= 0.3 is 0 Å². The molecule has 1 aliphatic rings. The normalized spacial score (nSPS) is 14.8. The van der Waals surface area contributed by atoms with E-state index in [4.69, 9.17) is 5.14 Å². The molecule has 2 aromatic carbocycles. The molecule has 0 saturated carbocycles. The molecular weight excluding hydrogens is 456 g/mol. The van der Waals surface area contributed by atoms with Gasteiger partial charge in [-0.25, -0.2) is 22.0 Å². The number of hydrazine groups is 1. The van der Waals surface area contributed by atoms with E-state index in [-0.39, 0.29) is 21.8 Å². The minimum Gasteiger partial charge on any atom is -0.273 e. The van der Waals surface area contributed by atoms with Gasteiger partial charge in [0.1, 0.15) is 0 Å². The number of nitrogens with two attached hydrogens (primary N) is 1. The first-order valence-corrected chi connectivity index (χ1v) is 12.9. The smallest absolute Gasteiger partial charge is 0.269 e. The van der Waals surface area contributed by atoms with Crippen LogP contribution in [-0.2, 0) is 31.3 Å². The van der Waals surface area contributed by atoms with Crippen LogP contribution in [0, 0.1) is 0 Å². The Morgan fingerprint density at radius 1 is 0.844 bits per heavy atom. The average molecular weight is 481 g/mol. The topological polar surface area (TPSA) is 156 Å². The summed E-state index contributed by atoms with van der Waals surface area (Å²) in [6, 6.07) is 11.3. The molecule has 172 valence electrons. The Morgan fingerprint density at radius 2 is 1.41 bits per heavy atom. The molecule has 1 aliphatic heterocycles. The molecule has 10 nitrogen and oxygen atoms in total. The quantitative estimate of drug-likeness (QED) is 0.490. The molecule has 0 unspecified atom stereocenters. The van der Waals surface area contributed by atoms with E-state index in [1.807, 2.05) is 0 Å². The molecular formula is C20H24N4O6S2. The number of rotatable bonds is 7. The number of carbonyl (C=O) groups is 2. The summed E-state index contributed by atoms with van der Waals surface area (Å²) in [6.45, 7) is 0.986. The molecule has 0 spiro atoms. The lowest BCUT2D eigenvalue weighted by molar-refractivity contribution is -0.121. The second-order valence-electron chi connectivity index (χ2n) is 7.33. The number of aryl methyl sites for hydroxylation is 1. The van der Waals surface area contributed by atoms with Gasteiger partial charge in [-0.3, -0.25) is 20.4 Å². The molecule has 2 amide bonds. The van der Waals surface area contributed by atoms with E-state index in [2.05, 4.69) is 10.9 Å². The fourth-order valence-corrected chi connectivity index (χ4v) is 5.25. The van der Waals surface area contributed by atoms with Crippen molar-refractivity contribution in [2.75, 3.05) is 13.1 Å². The van der Waals surface area contributed by atoms with E-state index >= 15 is 0 Å². The molecule has 1 saturated heterocycles. The van der Waals surface area contributed by atoms with Gasteiger partial charge in [-0.2, -0.15) is 4.31 Å². The zero-order valence-corrected chi connectivity index (χ0v) is 18.8. The van der Waals surface area contributed by atoms with E-state index in [9.17, 15) is 26.4 Å². The largest absolute Gasteiger partial charge is 0.273 e. The van der Waals surface area contributed by atoms with Crippen LogP contribution in [-0.4, -0.2) is 46.0 Å². The summed E-state index contributed by atoms with van der Waals surface area (Å²) in [7, 11) is -7.33. The Labute approximate surface area is 186 Å². The van der Waals surface area contributed by atoms with Gasteiger partial charge in [0.15, 0.2) is 0 Å². The van der Waals surface area contributed by atoms with Crippen molar-refractivity contribution in [2.45, 2.75) is 35.5 Å². The number of nitrogens with one attached hydrogen (secondary N) is 2. The van der Waals surface area contributed by atoms with Crippen molar-refractivity contribution >= 4 is 31.9 Å². The van der Waals surface area contributed by atoms with Gasteiger partial charge < -0.3 is 0 Å². The number of carbonyl (C=O) groups excluding carboxylic acids is 2. The van der Waals surface area contributed by atoms with Crippen LogP contribution < -0.4 is 16.0 Å². The van der Waals surface area contributed by atoms with E-state index in [1.165, 1.54) is 40.7 Å². The maximum absolute atomic E-state index is 12.5. The van der Waals surface area contributed by atoms with Crippen molar-refractivity contribution < 1.29 is 26.4 Å². The van der Waals surface area contributed by atoms with Crippen molar-refractivity contribution in [3.05, 3.63) is 59.7 Å². The van der Waals surface area contributed by atoms with Crippen molar-refractivity contribution in [1.82, 2.24) is 15.2 Å². The van der Waals surface area contributed by atoms with Gasteiger partial charge in [-0.05, 0) is 61.2 Å². The summed E-state index contributed by atoms with van der Waals surface area (Å²) in [6.07, 6.45) is 2.05. The summed E-state index contributed by atoms with van der Waals surface area (Å²) >= 11 is 0. The molecule has 0 radical (unpaired) electrons. The fourth-order valence-electron chi connectivity index (χ4n) is 3.22. The molecule has 0 aliphatic carbocycles. The van der Waals surface area contributed by atoms with Gasteiger partial charge in [0.05, 0.1) is 9.79 Å².